The first-order valence-electron chi connectivity index (χ1n) is 12.0. The molecule has 4 rings (SSSR count). The Bertz CT molecular complexity index is 879. The van der Waals surface area contributed by atoms with Gasteiger partial charge in [0.05, 0.1) is 11.6 Å². The van der Waals surface area contributed by atoms with Gasteiger partial charge in [0.1, 0.15) is 5.82 Å². The van der Waals surface area contributed by atoms with Crippen LogP contribution in [-0.2, 0) is 9.59 Å². The maximum Gasteiger partial charge on any atom is 0.404 e. The van der Waals surface area contributed by atoms with Crippen molar-refractivity contribution in [3.63, 3.8) is 0 Å². The number of nitrogens with zero attached hydrogens (tertiary/aromatic N) is 1. The van der Waals surface area contributed by atoms with Gasteiger partial charge in [-0.05, 0) is 75.1 Å². The molecule has 4 N–H and O–H groups in total. The second kappa shape index (κ2) is 10.5. The molecule has 2 aliphatic heterocycles. The van der Waals surface area contributed by atoms with Gasteiger partial charge in [0.2, 0.25) is 11.8 Å². The van der Waals surface area contributed by atoms with E-state index in [0.29, 0.717) is 29.6 Å². The van der Waals surface area contributed by atoms with Crippen LogP contribution in [0.2, 0.25) is 0 Å². The number of anilines is 1. The Labute approximate surface area is 193 Å². The van der Waals surface area contributed by atoms with Crippen molar-refractivity contribution in [1.29, 1.82) is 0 Å². The lowest BCUT2D eigenvalue weighted by Crippen LogP contribution is -2.45. The summed E-state index contributed by atoms with van der Waals surface area (Å²) in [5.74, 6) is -0.844. The number of nitrogens with one attached hydrogen (secondary N) is 3. The summed E-state index contributed by atoms with van der Waals surface area (Å²) in [7, 11) is 0. The topological polar surface area (TPSA) is 111 Å². The number of hydrogen-bond donors (Lipinski definition) is 4. The van der Waals surface area contributed by atoms with Gasteiger partial charge in [0.25, 0.3) is 0 Å². The van der Waals surface area contributed by atoms with E-state index in [-0.39, 0.29) is 30.1 Å². The van der Waals surface area contributed by atoms with E-state index < -0.39 is 12.0 Å². The van der Waals surface area contributed by atoms with Gasteiger partial charge in [-0.25, -0.2) is 9.18 Å². The second-order valence-electron chi connectivity index (χ2n) is 9.55. The van der Waals surface area contributed by atoms with Crippen LogP contribution >= 0.6 is 0 Å². The summed E-state index contributed by atoms with van der Waals surface area (Å²) < 4.78 is 14.9. The fourth-order valence-electron chi connectivity index (χ4n) is 5.35. The summed E-state index contributed by atoms with van der Waals surface area (Å²) in [5.41, 5.74) is 1.18. The molecule has 3 aliphatic rings. The van der Waals surface area contributed by atoms with Crippen LogP contribution in [0.5, 0.6) is 0 Å². The molecule has 0 bridgehead atoms. The lowest BCUT2D eigenvalue weighted by molar-refractivity contribution is -0.134. The van der Waals surface area contributed by atoms with Crippen LogP contribution in [0.3, 0.4) is 0 Å². The highest BCUT2D eigenvalue weighted by Crippen LogP contribution is 2.30. The average Bonchev–Trinajstić information content (AvgIpc) is 2.79. The Hall–Kier alpha value is -2.68. The standard InChI is InChI=1S/C24H33FN4O4/c25-20-13-16(19-6-8-22(30)28-23(19)31)3-7-21(20)29-11-9-17(10-12-29)26-14-15-1-4-18(5-2-15)27-24(32)33/h3,7,13,15,17-19,26-27H,1-2,4-6,8-12,14H2,(H,32,33)(H,28,30,31). The van der Waals surface area contributed by atoms with Gasteiger partial charge in [-0.1, -0.05) is 6.07 Å². The Balaban J connectivity index is 1.22. The highest BCUT2D eigenvalue weighted by molar-refractivity contribution is 6.00. The van der Waals surface area contributed by atoms with Crippen LogP contribution in [-0.4, -0.2) is 54.7 Å². The maximum atomic E-state index is 14.9. The first-order valence-corrected chi connectivity index (χ1v) is 12.0. The van der Waals surface area contributed by atoms with Crippen LogP contribution < -0.4 is 20.9 Å². The number of rotatable bonds is 6. The molecule has 1 saturated carbocycles. The fraction of sp³-hybridized carbons (Fsp3) is 0.625. The van der Waals surface area contributed by atoms with Crippen molar-refractivity contribution < 1.29 is 23.9 Å². The van der Waals surface area contributed by atoms with Crippen LogP contribution in [0.15, 0.2) is 18.2 Å². The van der Waals surface area contributed by atoms with Crippen molar-refractivity contribution in [3.8, 4) is 0 Å². The van der Waals surface area contributed by atoms with E-state index in [1.807, 2.05) is 0 Å². The highest BCUT2D eigenvalue weighted by Gasteiger charge is 2.29. The Kier molecular flexibility index (Phi) is 7.47. The van der Waals surface area contributed by atoms with Crippen molar-refractivity contribution in [2.75, 3.05) is 24.5 Å². The monoisotopic (exact) mass is 460 g/mol. The molecule has 2 heterocycles. The third-order valence-electron chi connectivity index (χ3n) is 7.32. The molecule has 3 amide bonds. The molecule has 1 unspecified atom stereocenters. The normalized spacial score (nSPS) is 26.7. The van der Waals surface area contributed by atoms with Crippen LogP contribution in [0.4, 0.5) is 14.9 Å². The summed E-state index contributed by atoms with van der Waals surface area (Å²) in [4.78, 5) is 36.3. The highest BCUT2D eigenvalue weighted by atomic mass is 19.1. The number of carbonyl (C=O) groups is 3. The first-order chi connectivity index (χ1) is 15.9. The largest absolute Gasteiger partial charge is 0.465 e. The summed E-state index contributed by atoms with van der Waals surface area (Å²) in [5, 5.41) is 17.4. The molecule has 3 fully saturated rings. The van der Waals surface area contributed by atoms with Gasteiger partial charge in [-0.2, -0.15) is 0 Å². The first kappa shape index (κ1) is 23.5. The predicted molar refractivity (Wildman–Crippen MR) is 122 cm³/mol. The van der Waals surface area contributed by atoms with Crippen molar-refractivity contribution in [2.24, 2.45) is 5.92 Å². The minimum Gasteiger partial charge on any atom is -0.465 e. The number of piperidine rings is 2. The number of amides is 3. The molecular formula is C24H33FN4O4. The van der Waals surface area contributed by atoms with Gasteiger partial charge < -0.3 is 20.6 Å². The van der Waals surface area contributed by atoms with Crippen molar-refractivity contribution >= 4 is 23.6 Å². The molecule has 8 nitrogen and oxygen atoms in total. The molecule has 2 saturated heterocycles. The van der Waals surface area contributed by atoms with Gasteiger partial charge in [-0.15, -0.1) is 0 Å². The second-order valence-corrected chi connectivity index (χ2v) is 9.55. The molecule has 0 aromatic heterocycles. The lowest BCUT2D eigenvalue weighted by Gasteiger charge is -2.36. The molecule has 33 heavy (non-hydrogen) atoms. The SMILES string of the molecule is O=C(O)NC1CCC(CNC2CCN(c3ccc(C4CCC(=O)NC4=O)cc3F)CC2)CC1. The Morgan fingerprint density at radius 2 is 1.79 bits per heavy atom. The number of imide groups is 1. The van der Waals surface area contributed by atoms with Gasteiger partial charge in [0, 0.05) is 31.6 Å². The Morgan fingerprint density at radius 1 is 1.06 bits per heavy atom. The molecule has 1 aromatic carbocycles. The third-order valence-corrected chi connectivity index (χ3v) is 7.32. The smallest absolute Gasteiger partial charge is 0.404 e. The molecule has 180 valence electrons. The fourth-order valence-corrected chi connectivity index (χ4v) is 5.35. The summed E-state index contributed by atoms with van der Waals surface area (Å²) in [6, 6.07) is 5.49. The van der Waals surface area contributed by atoms with E-state index in [1.165, 1.54) is 6.07 Å². The van der Waals surface area contributed by atoms with E-state index in [1.54, 1.807) is 12.1 Å². The van der Waals surface area contributed by atoms with Crippen LogP contribution in [0, 0.1) is 11.7 Å². The zero-order valence-electron chi connectivity index (χ0n) is 18.8. The minimum atomic E-state index is -0.939. The molecule has 0 radical (unpaired) electrons. The molecule has 0 spiro atoms. The van der Waals surface area contributed by atoms with Gasteiger partial charge >= 0.3 is 6.09 Å². The predicted octanol–water partition coefficient (Wildman–Crippen LogP) is 2.73. The zero-order valence-corrected chi connectivity index (χ0v) is 18.8. The molecule has 9 heteroatoms. The quantitative estimate of drug-likeness (QED) is 0.486. The molecule has 1 aliphatic carbocycles. The lowest BCUT2D eigenvalue weighted by atomic mass is 9.85. The van der Waals surface area contributed by atoms with E-state index in [9.17, 15) is 18.8 Å². The van der Waals surface area contributed by atoms with Gasteiger partial charge in [-0.3, -0.25) is 14.9 Å². The van der Waals surface area contributed by atoms with Crippen molar-refractivity contribution in [3.05, 3.63) is 29.6 Å². The number of halogens is 1. The third kappa shape index (κ3) is 6.01. The maximum absolute atomic E-state index is 14.9. The molecule has 1 aromatic rings. The van der Waals surface area contributed by atoms with Crippen LogP contribution in [0.1, 0.15) is 62.8 Å². The Morgan fingerprint density at radius 3 is 2.42 bits per heavy atom. The summed E-state index contributed by atoms with van der Waals surface area (Å²) >= 11 is 0. The number of carboxylic acid groups (broad SMARTS) is 1. The number of hydrogen-bond acceptors (Lipinski definition) is 5. The zero-order chi connectivity index (χ0) is 23.4. The van der Waals surface area contributed by atoms with Crippen LogP contribution in [0.25, 0.3) is 0 Å². The van der Waals surface area contributed by atoms with E-state index >= 15 is 0 Å². The summed E-state index contributed by atoms with van der Waals surface area (Å²) in [6.07, 6.45) is 5.47. The van der Waals surface area contributed by atoms with E-state index in [0.717, 1.165) is 58.2 Å². The molecular weight excluding hydrogens is 427 g/mol. The van der Waals surface area contributed by atoms with Crippen molar-refractivity contribution in [1.82, 2.24) is 16.0 Å². The average molecular weight is 461 g/mol. The number of benzene rings is 1. The minimum absolute atomic E-state index is 0.0817. The van der Waals surface area contributed by atoms with Gasteiger partial charge in [0.15, 0.2) is 0 Å². The molecule has 1 atom stereocenters. The summed E-state index contributed by atoms with van der Waals surface area (Å²) in [6.45, 7) is 2.47. The number of carbonyl (C=O) groups excluding carboxylic acids is 2. The van der Waals surface area contributed by atoms with E-state index in [2.05, 4.69) is 20.9 Å². The van der Waals surface area contributed by atoms with E-state index in [4.69, 9.17) is 5.11 Å². The van der Waals surface area contributed by atoms with Crippen molar-refractivity contribution in [2.45, 2.75) is 69.4 Å².